The van der Waals surface area contributed by atoms with Crippen LogP contribution < -0.4 is 0 Å². The van der Waals surface area contributed by atoms with E-state index in [2.05, 4.69) is 34.6 Å². The van der Waals surface area contributed by atoms with Crippen molar-refractivity contribution in [2.75, 3.05) is 0 Å². The van der Waals surface area contributed by atoms with Crippen LogP contribution in [0.15, 0.2) is 0 Å². The first-order chi connectivity index (χ1) is 6.28. The Balaban J connectivity index is 2.54. The molecule has 0 spiro atoms. The molecule has 2 bridgehead atoms. The quantitative estimate of drug-likeness (QED) is 0.625. The summed E-state index contributed by atoms with van der Waals surface area (Å²) >= 11 is 0. The van der Waals surface area contributed by atoms with Crippen molar-refractivity contribution in [3.63, 3.8) is 0 Å². The van der Waals surface area contributed by atoms with Crippen molar-refractivity contribution in [3.8, 4) is 0 Å². The topological polar surface area (TPSA) is 17.1 Å². The summed E-state index contributed by atoms with van der Waals surface area (Å²) in [5.41, 5.74) is 0.460. The zero-order valence-corrected chi connectivity index (χ0v) is 10.1. The molecular weight excluding hydrogens is 172 g/mol. The van der Waals surface area contributed by atoms with Crippen LogP contribution in [0.3, 0.4) is 0 Å². The molecule has 2 fully saturated rings. The highest BCUT2D eigenvalue weighted by atomic mass is 16.1. The molecule has 0 N–H and O–H groups in total. The van der Waals surface area contributed by atoms with Crippen LogP contribution in [0, 0.1) is 22.2 Å². The third-order valence-corrected chi connectivity index (χ3v) is 5.89. The van der Waals surface area contributed by atoms with Gasteiger partial charge in [0, 0.05) is 11.8 Å². The molecule has 0 aromatic rings. The van der Waals surface area contributed by atoms with E-state index in [0.717, 1.165) is 12.8 Å². The SMILES string of the molecule is CC(C)[C@@]12CC[C@@](C)(C(=O)C1)C2(C)C. The number of carbonyl (C=O) groups is 1. The van der Waals surface area contributed by atoms with E-state index in [9.17, 15) is 4.79 Å². The fourth-order valence-corrected chi connectivity index (χ4v) is 4.14. The number of fused-ring (bicyclic) bond motifs is 2. The average Bonchev–Trinajstić information content (AvgIpc) is 2.34. The highest BCUT2D eigenvalue weighted by Gasteiger charge is 2.70. The van der Waals surface area contributed by atoms with Gasteiger partial charge >= 0.3 is 0 Å². The lowest BCUT2D eigenvalue weighted by atomic mass is 9.61. The predicted molar refractivity (Wildman–Crippen MR) is 58.0 cm³/mol. The summed E-state index contributed by atoms with van der Waals surface area (Å²) in [6.45, 7) is 11.4. The third-order valence-electron chi connectivity index (χ3n) is 5.89. The second-order valence-corrected chi connectivity index (χ2v) is 6.37. The molecule has 0 amide bonds. The van der Waals surface area contributed by atoms with Gasteiger partial charge in [-0.3, -0.25) is 4.79 Å². The summed E-state index contributed by atoms with van der Waals surface area (Å²) in [7, 11) is 0. The van der Waals surface area contributed by atoms with E-state index < -0.39 is 0 Å². The first kappa shape index (κ1) is 10.2. The minimum atomic E-state index is -0.0305. The Kier molecular flexibility index (Phi) is 1.77. The molecule has 2 rings (SSSR count). The monoisotopic (exact) mass is 194 g/mol. The molecule has 2 aliphatic rings. The highest BCUT2D eigenvalue weighted by molar-refractivity contribution is 5.90. The minimum absolute atomic E-state index is 0.0305. The molecule has 80 valence electrons. The molecule has 14 heavy (non-hydrogen) atoms. The molecule has 1 heteroatoms. The molecule has 0 heterocycles. The molecule has 0 aliphatic heterocycles. The lowest BCUT2D eigenvalue weighted by Gasteiger charge is -2.43. The van der Waals surface area contributed by atoms with Gasteiger partial charge in [0.05, 0.1) is 0 Å². The van der Waals surface area contributed by atoms with Crippen molar-refractivity contribution in [2.24, 2.45) is 22.2 Å². The molecule has 0 unspecified atom stereocenters. The average molecular weight is 194 g/mol. The van der Waals surface area contributed by atoms with Gasteiger partial charge in [0.1, 0.15) is 5.78 Å². The van der Waals surface area contributed by atoms with Crippen molar-refractivity contribution in [2.45, 2.75) is 53.9 Å². The van der Waals surface area contributed by atoms with Crippen molar-refractivity contribution in [3.05, 3.63) is 0 Å². The molecule has 2 saturated carbocycles. The normalized spacial score (nSPS) is 45.1. The molecule has 1 nitrogen and oxygen atoms in total. The number of carbonyl (C=O) groups excluding carboxylic acids is 1. The molecule has 0 saturated heterocycles. The van der Waals surface area contributed by atoms with Gasteiger partial charge in [-0.25, -0.2) is 0 Å². The van der Waals surface area contributed by atoms with Gasteiger partial charge in [-0.1, -0.05) is 34.6 Å². The van der Waals surface area contributed by atoms with Crippen LogP contribution >= 0.6 is 0 Å². The van der Waals surface area contributed by atoms with E-state index in [-0.39, 0.29) is 10.8 Å². The van der Waals surface area contributed by atoms with Gasteiger partial charge in [-0.15, -0.1) is 0 Å². The van der Waals surface area contributed by atoms with Gasteiger partial charge < -0.3 is 0 Å². The van der Waals surface area contributed by atoms with Crippen molar-refractivity contribution in [1.82, 2.24) is 0 Å². The minimum Gasteiger partial charge on any atom is -0.299 e. The van der Waals surface area contributed by atoms with E-state index in [4.69, 9.17) is 0 Å². The first-order valence-electron chi connectivity index (χ1n) is 5.81. The molecule has 2 atom stereocenters. The standard InChI is InChI=1S/C13H22O/c1-9(2)13-7-6-12(5,10(14)8-13)11(13,3)4/h9H,6-8H2,1-5H3/t12-,13+/m0/s1. The molecule has 0 aromatic heterocycles. The fourth-order valence-electron chi connectivity index (χ4n) is 4.14. The summed E-state index contributed by atoms with van der Waals surface area (Å²) in [4.78, 5) is 12.1. The van der Waals surface area contributed by atoms with E-state index >= 15 is 0 Å². The van der Waals surface area contributed by atoms with Crippen LogP contribution in [-0.2, 0) is 4.79 Å². The number of ketones is 1. The summed E-state index contributed by atoms with van der Waals surface area (Å²) in [5.74, 6) is 1.15. The predicted octanol–water partition coefficient (Wildman–Crippen LogP) is 3.43. The fraction of sp³-hybridized carbons (Fsp3) is 0.923. The van der Waals surface area contributed by atoms with E-state index in [0.29, 0.717) is 17.1 Å². The highest BCUT2D eigenvalue weighted by Crippen LogP contribution is 2.72. The summed E-state index contributed by atoms with van der Waals surface area (Å²) in [6.07, 6.45) is 3.19. The van der Waals surface area contributed by atoms with Gasteiger partial charge in [-0.05, 0) is 29.6 Å². The Labute approximate surface area is 87.3 Å². The lowest BCUT2D eigenvalue weighted by molar-refractivity contribution is -0.128. The van der Waals surface area contributed by atoms with Crippen LogP contribution in [0.2, 0.25) is 0 Å². The van der Waals surface area contributed by atoms with Gasteiger partial charge in [-0.2, -0.15) is 0 Å². The molecule has 0 radical (unpaired) electrons. The van der Waals surface area contributed by atoms with Gasteiger partial charge in [0.25, 0.3) is 0 Å². The van der Waals surface area contributed by atoms with Gasteiger partial charge in [0.15, 0.2) is 0 Å². The zero-order chi connectivity index (χ0) is 10.8. The Morgan fingerprint density at radius 1 is 1.14 bits per heavy atom. The van der Waals surface area contributed by atoms with Gasteiger partial charge in [0.2, 0.25) is 0 Å². The Bertz CT molecular complexity index is 290. The number of hydrogen-bond donors (Lipinski definition) is 0. The Hall–Kier alpha value is -0.330. The van der Waals surface area contributed by atoms with E-state index in [1.165, 1.54) is 6.42 Å². The zero-order valence-electron chi connectivity index (χ0n) is 10.1. The summed E-state index contributed by atoms with van der Waals surface area (Å²) in [5, 5.41) is 0. The van der Waals surface area contributed by atoms with E-state index in [1.54, 1.807) is 0 Å². The van der Waals surface area contributed by atoms with Crippen LogP contribution in [-0.4, -0.2) is 5.78 Å². The number of Topliss-reactive ketones (excluding diaryl/α,β-unsaturated/α-hetero) is 1. The van der Waals surface area contributed by atoms with Crippen molar-refractivity contribution in [1.29, 1.82) is 0 Å². The Morgan fingerprint density at radius 2 is 1.71 bits per heavy atom. The van der Waals surface area contributed by atoms with Crippen LogP contribution in [0.4, 0.5) is 0 Å². The first-order valence-corrected chi connectivity index (χ1v) is 5.81. The maximum Gasteiger partial charge on any atom is 0.139 e. The molecule has 0 aromatic carbocycles. The summed E-state index contributed by atoms with van der Waals surface area (Å²) in [6, 6.07) is 0. The second-order valence-electron chi connectivity index (χ2n) is 6.37. The van der Waals surface area contributed by atoms with Crippen LogP contribution in [0.25, 0.3) is 0 Å². The Morgan fingerprint density at radius 3 is 1.93 bits per heavy atom. The van der Waals surface area contributed by atoms with Crippen molar-refractivity contribution < 1.29 is 4.79 Å². The van der Waals surface area contributed by atoms with Crippen LogP contribution in [0.5, 0.6) is 0 Å². The maximum atomic E-state index is 12.1. The second kappa shape index (κ2) is 2.43. The molecular formula is C13H22O. The number of hydrogen-bond acceptors (Lipinski definition) is 1. The summed E-state index contributed by atoms with van der Waals surface area (Å²) < 4.78 is 0. The maximum absolute atomic E-state index is 12.1. The third kappa shape index (κ3) is 0.765. The van der Waals surface area contributed by atoms with Crippen molar-refractivity contribution >= 4 is 5.78 Å². The number of rotatable bonds is 1. The lowest BCUT2D eigenvalue weighted by Crippen LogP contribution is -2.38. The smallest absolute Gasteiger partial charge is 0.139 e. The van der Waals surface area contributed by atoms with Crippen LogP contribution in [0.1, 0.15) is 53.9 Å². The van der Waals surface area contributed by atoms with E-state index in [1.807, 2.05) is 0 Å². The largest absolute Gasteiger partial charge is 0.299 e. The molecule has 2 aliphatic carbocycles.